The molecule has 0 saturated heterocycles. The number of carbonyl (C=O) groups is 1. The molecule has 1 heterocycles. The minimum Gasteiger partial charge on any atom is -0.443 e. The Kier molecular flexibility index (Phi) is 3.72. The summed E-state index contributed by atoms with van der Waals surface area (Å²) < 4.78 is 17.6. The van der Waals surface area contributed by atoms with Crippen LogP contribution in [0.5, 0.6) is 0 Å². The Morgan fingerprint density at radius 1 is 1.60 bits per heavy atom. The highest BCUT2D eigenvalue weighted by Gasteiger charge is 2.24. The first-order valence-corrected chi connectivity index (χ1v) is 5.14. The summed E-state index contributed by atoms with van der Waals surface area (Å²) in [5, 5.41) is 0. The van der Waals surface area contributed by atoms with Crippen molar-refractivity contribution in [1.82, 2.24) is 4.90 Å². The Morgan fingerprint density at radius 2 is 2.27 bits per heavy atom. The Bertz CT molecular complexity index is 258. The lowest BCUT2D eigenvalue weighted by molar-refractivity contribution is 0.0295. The number of ether oxygens (including phenoxy) is 1. The summed E-state index contributed by atoms with van der Waals surface area (Å²) >= 11 is 0. The number of carbonyl (C=O) groups excluding carboxylic acids is 1. The monoisotopic (exact) mass is 215 g/mol. The van der Waals surface area contributed by atoms with E-state index in [0.29, 0.717) is 13.0 Å². The lowest BCUT2D eigenvalue weighted by atomic mass is 10.0. The SMILES string of the molecule is CC(C)(C)OC(=O)N1C=CC[C@H](CF)C1. The van der Waals surface area contributed by atoms with Gasteiger partial charge in [-0.3, -0.25) is 9.29 Å². The van der Waals surface area contributed by atoms with Crippen molar-refractivity contribution < 1.29 is 13.9 Å². The zero-order chi connectivity index (χ0) is 11.5. The second-order valence-corrected chi connectivity index (χ2v) is 4.77. The standard InChI is InChI=1S/C11H18FNO2/c1-11(2,3)15-10(14)13-6-4-5-9(7-12)8-13/h4,6,9H,5,7-8H2,1-3H3/t9-/m1/s1. The molecule has 1 aliphatic rings. The van der Waals surface area contributed by atoms with Gasteiger partial charge in [0.15, 0.2) is 0 Å². The minimum atomic E-state index is -0.506. The van der Waals surface area contributed by atoms with Crippen molar-refractivity contribution in [2.75, 3.05) is 13.2 Å². The maximum absolute atomic E-state index is 12.4. The third-order valence-electron chi connectivity index (χ3n) is 2.06. The van der Waals surface area contributed by atoms with Gasteiger partial charge in [-0.25, -0.2) is 4.79 Å². The van der Waals surface area contributed by atoms with Gasteiger partial charge in [0.2, 0.25) is 0 Å². The molecule has 0 saturated carbocycles. The van der Waals surface area contributed by atoms with E-state index in [-0.39, 0.29) is 5.92 Å². The molecule has 1 aliphatic heterocycles. The minimum absolute atomic E-state index is 0.0949. The normalized spacial score (nSPS) is 21.6. The third-order valence-corrected chi connectivity index (χ3v) is 2.06. The summed E-state index contributed by atoms with van der Waals surface area (Å²) in [7, 11) is 0. The third kappa shape index (κ3) is 3.90. The van der Waals surface area contributed by atoms with Crippen molar-refractivity contribution in [3.8, 4) is 0 Å². The summed E-state index contributed by atoms with van der Waals surface area (Å²) in [5.41, 5.74) is -0.506. The van der Waals surface area contributed by atoms with Crippen molar-refractivity contribution in [2.45, 2.75) is 32.8 Å². The molecule has 1 amide bonds. The Balaban J connectivity index is 2.53. The van der Waals surface area contributed by atoms with Crippen LogP contribution in [-0.2, 0) is 4.74 Å². The molecule has 15 heavy (non-hydrogen) atoms. The van der Waals surface area contributed by atoms with Gasteiger partial charge in [-0.15, -0.1) is 0 Å². The molecule has 3 nitrogen and oxygen atoms in total. The quantitative estimate of drug-likeness (QED) is 0.673. The van der Waals surface area contributed by atoms with Crippen molar-refractivity contribution >= 4 is 6.09 Å². The molecule has 0 aliphatic carbocycles. The Labute approximate surface area is 89.9 Å². The highest BCUT2D eigenvalue weighted by Crippen LogP contribution is 2.17. The van der Waals surface area contributed by atoms with Crippen LogP contribution in [0.1, 0.15) is 27.2 Å². The molecule has 1 rings (SSSR count). The lowest BCUT2D eigenvalue weighted by Gasteiger charge is -2.29. The second-order valence-electron chi connectivity index (χ2n) is 4.77. The van der Waals surface area contributed by atoms with E-state index in [2.05, 4.69) is 0 Å². The van der Waals surface area contributed by atoms with Gasteiger partial charge in [-0.1, -0.05) is 6.08 Å². The lowest BCUT2D eigenvalue weighted by Crippen LogP contribution is -2.38. The Hall–Kier alpha value is -1.06. The highest BCUT2D eigenvalue weighted by molar-refractivity contribution is 5.69. The number of alkyl halides is 1. The van der Waals surface area contributed by atoms with Gasteiger partial charge in [0.05, 0.1) is 6.67 Å². The number of allylic oxidation sites excluding steroid dienone is 1. The largest absolute Gasteiger partial charge is 0.443 e. The molecule has 1 atom stereocenters. The summed E-state index contributed by atoms with van der Waals surface area (Å²) in [6, 6.07) is 0. The van der Waals surface area contributed by atoms with Gasteiger partial charge in [-0.2, -0.15) is 0 Å². The first-order valence-electron chi connectivity index (χ1n) is 5.14. The van der Waals surface area contributed by atoms with Gasteiger partial charge in [0.1, 0.15) is 5.60 Å². The summed E-state index contributed by atoms with van der Waals surface area (Å²) in [6.45, 7) is 5.44. The number of rotatable bonds is 1. The van der Waals surface area contributed by atoms with Gasteiger partial charge in [0.25, 0.3) is 0 Å². The van der Waals surface area contributed by atoms with Gasteiger partial charge >= 0.3 is 6.09 Å². The first-order chi connectivity index (χ1) is 6.92. The van der Waals surface area contributed by atoms with E-state index in [1.807, 2.05) is 20.8 Å². The molecule has 0 bridgehead atoms. The van der Waals surface area contributed by atoms with Crippen LogP contribution in [0, 0.1) is 5.92 Å². The fourth-order valence-corrected chi connectivity index (χ4v) is 1.36. The van der Waals surface area contributed by atoms with Crippen LogP contribution in [0.2, 0.25) is 0 Å². The fraction of sp³-hybridized carbons (Fsp3) is 0.727. The topological polar surface area (TPSA) is 29.5 Å². The van der Waals surface area contributed by atoms with Crippen LogP contribution in [-0.4, -0.2) is 29.8 Å². The predicted octanol–water partition coefficient (Wildman–Crippen LogP) is 2.73. The molecule has 0 aromatic rings. The van der Waals surface area contributed by atoms with E-state index in [0.717, 1.165) is 0 Å². The fourth-order valence-electron chi connectivity index (χ4n) is 1.36. The molecule has 0 fully saturated rings. The van der Waals surface area contributed by atoms with Crippen molar-refractivity contribution in [3.63, 3.8) is 0 Å². The maximum Gasteiger partial charge on any atom is 0.414 e. The summed E-state index contributed by atoms with van der Waals surface area (Å²) in [5.74, 6) is -0.0949. The van der Waals surface area contributed by atoms with Crippen LogP contribution >= 0.6 is 0 Å². The van der Waals surface area contributed by atoms with Crippen molar-refractivity contribution in [1.29, 1.82) is 0 Å². The number of nitrogens with zero attached hydrogens (tertiary/aromatic N) is 1. The summed E-state index contributed by atoms with van der Waals surface area (Å²) in [4.78, 5) is 13.0. The number of hydrogen-bond donors (Lipinski definition) is 0. The van der Waals surface area contributed by atoms with E-state index in [1.54, 1.807) is 12.3 Å². The molecule has 0 aromatic carbocycles. The molecule has 86 valence electrons. The highest BCUT2D eigenvalue weighted by atomic mass is 19.1. The maximum atomic E-state index is 12.4. The van der Waals surface area contributed by atoms with Crippen molar-refractivity contribution in [2.24, 2.45) is 5.92 Å². The van der Waals surface area contributed by atoms with Crippen molar-refractivity contribution in [3.05, 3.63) is 12.3 Å². The molecule has 4 heteroatoms. The number of halogens is 1. The van der Waals surface area contributed by atoms with E-state index in [4.69, 9.17) is 4.74 Å². The average molecular weight is 215 g/mol. The molecular weight excluding hydrogens is 197 g/mol. The smallest absolute Gasteiger partial charge is 0.414 e. The Morgan fingerprint density at radius 3 is 2.80 bits per heavy atom. The number of amides is 1. The van der Waals surface area contributed by atoms with Gasteiger partial charge in [-0.05, 0) is 27.2 Å². The van der Waals surface area contributed by atoms with Crippen LogP contribution < -0.4 is 0 Å². The molecule has 0 radical (unpaired) electrons. The predicted molar refractivity (Wildman–Crippen MR) is 56.2 cm³/mol. The van der Waals surface area contributed by atoms with Crippen LogP contribution in [0.15, 0.2) is 12.3 Å². The van der Waals surface area contributed by atoms with E-state index >= 15 is 0 Å². The first kappa shape index (κ1) is 12.0. The van der Waals surface area contributed by atoms with Crippen LogP contribution in [0.3, 0.4) is 0 Å². The summed E-state index contributed by atoms with van der Waals surface area (Å²) in [6.07, 6.45) is 3.75. The van der Waals surface area contributed by atoms with E-state index in [1.165, 1.54) is 4.90 Å². The molecule has 0 spiro atoms. The molecular formula is C11H18FNO2. The zero-order valence-corrected chi connectivity index (χ0v) is 9.50. The second kappa shape index (κ2) is 4.64. The van der Waals surface area contributed by atoms with E-state index in [9.17, 15) is 9.18 Å². The van der Waals surface area contributed by atoms with Gasteiger partial charge < -0.3 is 4.74 Å². The molecule has 0 aromatic heterocycles. The molecule has 0 N–H and O–H groups in total. The number of hydrogen-bond acceptors (Lipinski definition) is 2. The van der Waals surface area contributed by atoms with Crippen LogP contribution in [0.4, 0.5) is 9.18 Å². The molecule has 0 unspecified atom stereocenters. The van der Waals surface area contributed by atoms with Crippen LogP contribution in [0.25, 0.3) is 0 Å². The van der Waals surface area contributed by atoms with E-state index < -0.39 is 18.4 Å². The zero-order valence-electron chi connectivity index (χ0n) is 9.50. The average Bonchev–Trinajstić information content (AvgIpc) is 2.15. The van der Waals surface area contributed by atoms with Gasteiger partial charge in [0, 0.05) is 18.7 Å².